The van der Waals surface area contributed by atoms with Crippen LogP contribution in [0.2, 0.25) is 0 Å². The van der Waals surface area contributed by atoms with E-state index in [0.29, 0.717) is 0 Å². The van der Waals surface area contributed by atoms with Crippen molar-refractivity contribution in [2.75, 3.05) is 13.1 Å². The Morgan fingerprint density at radius 2 is 2.38 bits per heavy atom. The molecule has 0 bridgehead atoms. The summed E-state index contributed by atoms with van der Waals surface area (Å²) < 4.78 is 0. The normalized spacial score (nSPS) is 31.2. The molecule has 1 aromatic heterocycles. The van der Waals surface area contributed by atoms with E-state index in [-0.39, 0.29) is 0 Å². The van der Waals surface area contributed by atoms with Gasteiger partial charge in [0.15, 0.2) is 0 Å². The van der Waals surface area contributed by atoms with Crippen LogP contribution in [-0.2, 0) is 6.54 Å². The lowest BCUT2D eigenvalue weighted by atomic mass is 10.0. The first-order valence-electron chi connectivity index (χ1n) is 6.43. The van der Waals surface area contributed by atoms with Gasteiger partial charge in [0.05, 0.1) is 0 Å². The van der Waals surface area contributed by atoms with Gasteiger partial charge in [0.25, 0.3) is 0 Å². The molecule has 3 heteroatoms. The zero-order valence-electron chi connectivity index (χ0n) is 9.69. The molecule has 0 aliphatic carbocycles. The molecule has 2 saturated heterocycles. The first-order chi connectivity index (χ1) is 7.93. The van der Waals surface area contributed by atoms with Crippen LogP contribution in [0.15, 0.2) is 17.5 Å². The average molecular weight is 236 g/mol. The predicted octanol–water partition coefficient (Wildman–Crippen LogP) is 2.46. The van der Waals surface area contributed by atoms with Gasteiger partial charge in [-0.1, -0.05) is 6.07 Å². The van der Waals surface area contributed by atoms with Crippen LogP contribution < -0.4 is 5.32 Å². The standard InChI is InChI=1S/C13H20N2S/c1-5-12(14-7-1)13-6-2-8-15(13)10-11-4-3-9-16-11/h3-4,9,12-14H,1-2,5-8,10H2. The van der Waals surface area contributed by atoms with Gasteiger partial charge >= 0.3 is 0 Å². The van der Waals surface area contributed by atoms with E-state index in [1.807, 2.05) is 11.3 Å². The van der Waals surface area contributed by atoms with Crippen LogP contribution in [0.5, 0.6) is 0 Å². The fourth-order valence-electron chi connectivity index (χ4n) is 3.15. The maximum atomic E-state index is 3.67. The average Bonchev–Trinajstić information content (AvgIpc) is 2.98. The summed E-state index contributed by atoms with van der Waals surface area (Å²) in [6, 6.07) is 5.99. The quantitative estimate of drug-likeness (QED) is 0.867. The van der Waals surface area contributed by atoms with Gasteiger partial charge < -0.3 is 5.32 Å². The SMILES string of the molecule is c1csc(CN2CCCC2C2CCCN2)c1. The third-order valence-electron chi connectivity index (χ3n) is 3.92. The summed E-state index contributed by atoms with van der Waals surface area (Å²) in [6.45, 7) is 3.69. The molecule has 1 N–H and O–H groups in total. The topological polar surface area (TPSA) is 15.3 Å². The van der Waals surface area contributed by atoms with Crippen molar-refractivity contribution in [3.05, 3.63) is 22.4 Å². The summed E-state index contributed by atoms with van der Waals surface area (Å²) in [5.74, 6) is 0. The Labute approximate surface area is 102 Å². The summed E-state index contributed by atoms with van der Waals surface area (Å²) >= 11 is 1.89. The van der Waals surface area contributed by atoms with Gasteiger partial charge in [0, 0.05) is 23.5 Å². The number of nitrogens with zero attached hydrogens (tertiary/aromatic N) is 1. The lowest BCUT2D eigenvalue weighted by Gasteiger charge is -2.29. The molecule has 3 heterocycles. The van der Waals surface area contributed by atoms with Crippen molar-refractivity contribution >= 4 is 11.3 Å². The Morgan fingerprint density at radius 3 is 3.12 bits per heavy atom. The lowest BCUT2D eigenvalue weighted by molar-refractivity contribution is 0.208. The number of thiophene rings is 1. The molecule has 1 aromatic rings. The van der Waals surface area contributed by atoms with E-state index >= 15 is 0 Å². The van der Waals surface area contributed by atoms with E-state index in [9.17, 15) is 0 Å². The van der Waals surface area contributed by atoms with Crippen LogP contribution in [0.3, 0.4) is 0 Å². The van der Waals surface area contributed by atoms with Gasteiger partial charge in [-0.25, -0.2) is 0 Å². The van der Waals surface area contributed by atoms with Gasteiger partial charge in [0.2, 0.25) is 0 Å². The highest BCUT2D eigenvalue weighted by Crippen LogP contribution is 2.27. The number of hydrogen-bond acceptors (Lipinski definition) is 3. The number of hydrogen-bond donors (Lipinski definition) is 1. The molecule has 0 saturated carbocycles. The maximum absolute atomic E-state index is 3.67. The first-order valence-corrected chi connectivity index (χ1v) is 7.31. The predicted molar refractivity (Wildman–Crippen MR) is 68.8 cm³/mol. The van der Waals surface area contributed by atoms with Gasteiger partial charge in [-0.2, -0.15) is 0 Å². The van der Waals surface area contributed by atoms with Gasteiger partial charge in [0.1, 0.15) is 0 Å². The Kier molecular flexibility index (Phi) is 3.27. The van der Waals surface area contributed by atoms with Gasteiger partial charge in [-0.05, 0) is 50.2 Å². The van der Waals surface area contributed by atoms with E-state index in [1.54, 1.807) is 0 Å². The molecular formula is C13H20N2S. The molecule has 16 heavy (non-hydrogen) atoms. The summed E-state index contributed by atoms with van der Waals surface area (Å²) in [5.41, 5.74) is 0. The van der Waals surface area contributed by atoms with Gasteiger partial charge in [-0.15, -0.1) is 11.3 Å². The number of likely N-dealkylation sites (tertiary alicyclic amines) is 1. The van der Waals surface area contributed by atoms with Crippen molar-refractivity contribution in [1.29, 1.82) is 0 Å². The van der Waals surface area contributed by atoms with E-state index in [2.05, 4.69) is 27.7 Å². The van der Waals surface area contributed by atoms with Crippen LogP contribution in [0.25, 0.3) is 0 Å². The van der Waals surface area contributed by atoms with Crippen LogP contribution in [0.1, 0.15) is 30.6 Å². The minimum absolute atomic E-state index is 0.766. The van der Waals surface area contributed by atoms with Crippen molar-refractivity contribution in [3.63, 3.8) is 0 Å². The van der Waals surface area contributed by atoms with E-state index < -0.39 is 0 Å². The van der Waals surface area contributed by atoms with Crippen molar-refractivity contribution < 1.29 is 0 Å². The summed E-state index contributed by atoms with van der Waals surface area (Å²) in [7, 11) is 0. The van der Waals surface area contributed by atoms with E-state index in [4.69, 9.17) is 0 Å². The van der Waals surface area contributed by atoms with Crippen molar-refractivity contribution in [2.45, 2.75) is 44.3 Å². The molecular weight excluding hydrogens is 216 g/mol. The van der Waals surface area contributed by atoms with Crippen LogP contribution >= 0.6 is 11.3 Å². The highest BCUT2D eigenvalue weighted by atomic mass is 32.1. The monoisotopic (exact) mass is 236 g/mol. The molecule has 3 rings (SSSR count). The molecule has 2 nitrogen and oxygen atoms in total. The fourth-order valence-corrected chi connectivity index (χ4v) is 3.88. The minimum Gasteiger partial charge on any atom is -0.312 e. The molecule has 2 unspecified atom stereocenters. The summed E-state index contributed by atoms with van der Waals surface area (Å²) in [6.07, 6.45) is 5.52. The zero-order chi connectivity index (χ0) is 10.8. The fraction of sp³-hybridized carbons (Fsp3) is 0.692. The van der Waals surface area contributed by atoms with Crippen molar-refractivity contribution in [3.8, 4) is 0 Å². The third-order valence-corrected chi connectivity index (χ3v) is 4.78. The van der Waals surface area contributed by atoms with Crippen molar-refractivity contribution in [2.24, 2.45) is 0 Å². The molecule has 0 radical (unpaired) electrons. The summed E-state index contributed by atoms with van der Waals surface area (Å²) in [5, 5.41) is 5.86. The third kappa shape index (κ3) is 2.17. The van der Waals surface area contributed by atoms with Crippen molar-refractivity contribution in [1.82, 2.24) is 10.2 Å². The molecule has 2 atom stereocenters. The second-order valence-electron chi connectivity index (χ2n) is 4.96. The Balaban J connectivity index is 1.64. The number of nitrogens with one attached hydrogen (secondary N) is 1. The van der Waals surface area contributed by atoms with E-state index in [1.165, 1.54) is 50.2 Å². The lowest BCUT2D eigenvalue weighted by Crippen LogP contribution is -2.43. The molecule has 0 spiro atoms. The Hall–Kier alpha value is -0.380. The highest BCUT2D eigenvalue weighted by Gasteiger charge is 2.32. The Morgan fingerprint density at radius 1 is 1.38 bits per heavy atom. The van der Waals surface area contributed by atoms with Gasteiger partial charge in [-0.3, -0.25) is 4.90 Å². The molecule has 0 amide bonds. The molecule has 2 aliphatic rings. The summed E-state index contributed by atoms with van der Waals surface area (Å²) in [4.78, 5) is 4.21. The smallest absolute Gasteiger partial charge is 0.0331 e. The molecule has 88 valence electrons. The van der Waals surface area contributed by atoms with E-state index in [0.717, 1.165) is 12.1 Å². The molecule has 2 aliphatic heterocycles. The second-order valence-corrected chi connectivity index (χ2v) is 5.99. The maximum Gasteiger partial charge on any atom is 0.0331 e. The zero-order valence-corrected chi connectivity index (χ0v) is 10.5. The Bertz CT molecular complexity index is 317. The minimum atomic E-state index is 0.766. The molecule has 0 aromatic carbocycles. The number of rotatable bonds is 3. The molecule has 2 fully saturated rings. The second kappa shape index (κ2) is 4.86. The largest absolute Gasteiger partial charge is 0.312 e. The van der Waals surface area contributed by atoms with Crippen LogP contribution in [-0.4, -0.2) is 30.1 Å². The highest BCUT2D eigenvalue weighted by molar-refractivity contribution is 7.09. The van der Waals surface area contributed by atoms with Crippen LogP contribution in [0, 0.1) is 0 Å². The first kappa shape index (κ1) is 10.8. The van der Waals surface area contributed by atoms with Crippen LogP contribution in [0.4, 0.5) is 0 Å².